The maximum absolute atomic E-state index is 5.53. The summed E-state index contributed by atoms with van der Waals surface area (Å²) in [7, 11) is 1.73. The molecule has 0 N–H and O–H groups in total. The van der Waals surface area contributed by atoms with E-state index in [1.165, 1.54) is 54.6 Å². The van der Waals surface area contributed by atoms with Gasteiger partial charge in [0, 0.05) is 5.41 Å². The van der Waals surface area contributed by atoms with E-state index in [0.717, 1.165) is 5.75 Å². The molecule has 5 aromatic carbocycles. The van der Waals surface area contributed by atoms with Gasteiger partial charge in [-0.3, -0.25) is 0 Å². The molecular weight excluding hydrogens is 352 g/mol. The fourth-order valence-corrected chi connectivity index (χ4v) is 5.25. The number of ether oxygens (including phenoxy) is 1. The minimum Gasteiger partial charge on any atom is -0.497 e. The zero-order chi connectivity index (χ0) is 19.8. The molecule has 0 saturated carbocycles. The van der Waals surface area contributed by atoms with Crippen LogP contribution in [0.5, 0.6) is 5.75 Å². The molecule has 0 unspecified atom stereocenters. The molecule has 0 saturated heterocycles. The Morgan fingerprint density at radius 2 is 1.17 bits per heavy atom. The molecule has 0 amide bonds. The van der Waals surface area contributed by atoms with Crippen LogP contribution >= 0.6 is 0 Å². The van der Waals surface area contributed by atoms with Crippen molar-refractivity contribution in [3.05, 3.63) is 90.0 Å². The standard InChI is InChI=1S/C28H22O/c1-28(2)26-11-7-6-10-21(26)25-15-23-19-9-5-4-8-18(19)22-14-17(29-3)12-13-20(22)24(23)16-27(25)28/h4-16H,1-3H3. The smallest absolute Gasteiger partial charge is 0.119 e. The van der Waals surface area contributed by atoms with Gasteiger partial charge in [0.05, 0.1) is 7.11 Å². The highest BCUT2D eigenvalue weighted by Crippen LogP contribution is 2.51. The first kappa shape index (κ1) is 16.6. The van der Waals surface area contributed by atoms with Crippen LogP contribution in [-0.4, -0.2) is 7.11 Å². The minimum atomic E-state index is 0.00452. The summed E-state index contributed by atoms with van der Waals surface area (Å²) in [5, 5.41) is 7.76. The van der Waals surface area contributed by atoms with Gasteiger partial charge in [0.1, 0.15) is 5.75 Å². The molecule has 5 aromatic rings. The molecule has 1 nitrogen and oxygen atoms in total. The molecule has 1 aliphatic carbocycles. The van der Waals surface area contributed by atoms with Gasteiger partial charge >= 0.3 is 0 Å². The van der Waals surface area contributed by atoms with E-state index in [0.29, 0.717) is 0 Å². The third-order valence-electron chi connectivity index (χ3n) is 6.75. The Hall–Kier alpha value is -3.32. The molecule has 1 heteroatoms. The Morgan fingerprint density at radius 1 is 0.552 bits per heavy atom. The van der Waals surface area contributed by atoms with E-state index in [9.17, 15) is 0 Å². The highest BCUT2D eigenvalue weighted by Gasteiger charge is 2.35. The quantitative estimate of drug-likeness (QED) is 0.277. The lowest BCUT2D eigenvalue weighted by atomic mass is 9.81. The van der Waals surface area contributed by atoms with Crippen molar-refractivity contribution in [3.63, 3.8) is 0 Å². The average molecular weight is 374 g/mol. The molecule has 0 aromatic heterocycles. The zero-order valence-corrected chi connectivity index (χ0v) is 16.9. The number of methoxy groups -OCH3 is 1. The molecule has 29 heavy (non-hydrogen) atoms. The summed E-state index contributed by atoms with van der Waals surface area (Å²) in [6, 6.07) is 28.9. The van der Waals surface area contributed by atoms with Gasteiger partial charge in [0.15, 0.2) is 0 Å². The molecule has 0 atom stereocenters. The van der Waals surface area contributed by atoms with Crippen molar-refractivity contribution in [3.8, 4) is 16.9 Å². The molecule has 0 heterocycles. The molecule has 0 fully saturated rings. The molecule has 140 valence electrons. The van der Waals surface area contributed by atoms with Gasteiger partial charge in [-0.15, -0.1) is 0 Å². The van der Waals surface area contributed by atoms with Crippen LogP contribution in [0.25, 0.3) is 43.4 Å². The molecule has 6 rings (SSSR count). The average Bonchev–Trinajstić information content (AvgIpc) is 2.99. The van der Waals surface area contributed by atoms with E-state index in [-0.39, 0.29) is 5.41 Å². The van der Waals surface area contributed by atoms with Gasteiger partial charge < -0.3 is 4.74 Å². The van der Waals surface area contributed by atoms with Crippen molar-refractivity contribution < 1.29 is 4.74 Å². The summed E-state index contributed by atoms with van der Waals surface area (Å²) in [6.45, 7) is 4.69. The largest absolute Gasteiger partial charge is 0.497 e. The van der Waals surface area contributed by atoms with Crippen LogP contribution < -0.4 is 4.74 Å². The molecular formula is C28H22O. The van der Waals surface area contributed by atoms with Crippen molar-refractivity contribution in [1.29, 1.82) is 0 Å². The van der Waals surface area contributed by atoms with E-state index in [2.05, 4.69) is 92.7 Å². The van der Waals surface area contributed by atoms with Crippen molar-refractivity contribution >= 4 is 32.3 Å². The van der Waals surface area contributed by atoms with Crippen LogP contribution in [0.2, 0.25) is 0 Å². The summed E-state index contributed by atoms with van der Waals surface area (Å²) in [4.78, 5) is 0. The van der Waals surface area contributed by atoms with Crippen LogP contribution in [0.1, 0.15) is 25.0 Å². The van der Waals surface area contributed by atoms with Gasteiger partial charge in [-0.1, -0.05) is 68.4 Å². The fourth-order valence-electron chi connectivity index (χ4n) is 5.25. The third kappa shape index (κ3) is 2.10. The molecule has 0 spiro atoms. The summed E-state index contributed by atoms with van der Waals surface area (Å²) in [6.07, 6.45) is 0. The van der Waals surface area contributed by atoms with E-state index >= 15 is 0 Å². The van der Waals surface area contributed by atoms with Gasteiger partial charge in [0.2, 0.25) is 0 Å². The second-order valence-corrected chi connectivity index (χ2v) is 8.57. The number of fused-ring (bicyclic) bond motifs is 9. The second kappa shape index (κ2) is 5.61. The monoisotopic (exact) mass is 374 g/mol. The highest BCUT2D eigenvalue weighted by molar-refractivity contribution is 6.26. The molecule has 1 aliphatic rings. The lowest BCUT2D eigenvalue weighted by Gasteiger charge is -2.22. The van der Waals surface area contributed by atoms with E-state index < -0.39 is 0 Å². The zero-order valence-electron chi connectivity index (χ0n) is 16.9. The highest BCUT2D eigenvalue weighted by atomic mass is 16.5. The fraction of sp³-hybridized carbons (Fsp3) is 0.143. The van der Waals surface area contributed by atoms with Gasteiger partial charge in [0.25, 0.3) is 0 Å². The van der Waals surface area contributed by atoms with Crippen LogP contribution in [0.3, 0.4) is 0 Å². The summed E-state index contributed by atoms with van der Waals surface area (Å²) >= 11 is 0. The van der Waals surface area contributed by atoms with Crippen LogP contribution in [0, 0.1) is 0 Å². The number of hydrogen-bond donors (Lipinski definition) is 0. The maximum Gasteiger partial charge on any atom is 0.119 e. The van der Waals surface area contributed by atoms with E-state index in [4.69, 9.17) is 4.74 Å². The summed E-state index contributed by atoms with van der Waals surface area (Å²) in [5.74, 6) is 0.899. The lowest BCUT2D eigenvalue weighted by Crippen LogP contribution is -2.14. The number of benzene rings is 5. The predicted octanol–water partition coefficient (Wildman–Crippen LogP) is 7.46. The second-order valence-electron chi connectivity index (χ2n) is 8.57. The van der Waals surface area contributed by atoms with Gasteiger partial charge in [-0.25, -0.2) is 0 Å². The lowest BCUT2D eigenvalue weighted by molar-refractivity contribution is 0.415. The van der Waals surface area contributed by atoms with Gasteiger partial charge in [-0.2, -0.15) is 0 Å². The number of hydrogen-bond acceptors (Lipinski definition) is 1. The SMILES string of the molecule is COc1ccc2c(c1)c1ccccc1c1cc3c(cc21)C(C)(C)c1ccccc1-3. The first-order chi connectivity index (χ1) is 14.1. The van der Waals surface area contributed by atoms with Crippen LogP contribution in [-0.2, 0) is 5.41 Å². The third-order valence-corrected chi connectivity index (χ3v) is 6.75. The Kier molecular flexibility index (Phi) is 3.21. The van der Waals surface area contributed by atoms with E-state index in [1.54, 1.807) is 7.11 Å². The first-order valence-electron chi connectivity index (χ1n) is 10.2. The maximum atomic E-state index is 5.53. The Labute approximate surface area is 170 Å². The van der Waals surface area contributed by atoms with Gasteiger partial charge in [-0.05, 0) is 78.8 Å². The minimum absolute atomic E-state index is 0.00452. The van der Waals surface area contributed by atoms with Crippen molar-refractivity contribution in [2.24, 2.45) is 0 Å². The Bertz CT molecular complexity index is 1460. The topological polar surface area (TPSA) is 9.23 Å². The summed E-state index contributed by atoms with van der Waals surface area (Å²) < 4.78 is 5.53. The number of rotatable bonds is 1. The Morgan fingerprint density at radius 3 is 1.93 bits per heavy atom. The molecule has 0 bridgehead atoms. The molecule has 0 radical (unpaired) electrons. The van der Waals surface area contributed by atoms with Crippen molar-refractivity contribution in [1.82, 2.24) is 0 Å². The van der Waals surface area contributed by atoms with E-state index in [1.807, 2.05) is 0 Å². The Balaban J connectivity index is 1.84. The first-order valence-corrected chi connectivity index (χ1v) is 10.2. The predicted molar refractivity (Wildman–Crippen MR) is 123 cm³/mol. The van der Waals surface area contributed by atoms with Crippen LogP contribution in [0.4, 0.5) is 0 Å². The summed E-state index contributed by atoms with van der Waals surface area (Å²) in [5.41, 5.74) is 5.58. The molecule has 0 aliphatic heterocycles. The van der Waals surface area contributed by atoms with Crippen LogP contribution in [0.15, 0.2) is 78.9 Å². The normalized spacial score (nSPS) is 14.3. The van der Waals surface area contributed by atoms with Crippen molar-refractivity contribution in [2.75, 3.05) is 7.11 Å². The van der Waals surface area contributed by atoms with Crippen molar-refractivity contribution in [2.45, 2.75) is 19.3 Å².